The normalized spacial score (nSPS) is 20.9. The summed E-state index contributed by atoms with van der Waals surface area (Å²) in [6, 6.07) is 10.2. The molecule has 2 saturated heterocycles. The van der Waals surface area contributed by atoms with Crippen molar-refractivity contribution in [1.29, 1.82) is 0 Å². The van der Waals surface area contributed by atoms with Crippen molar-refractivity contribution in [2.24, 2.45) is 17.6 Å². The zero-order chi connectivity index (χ0) is 30.1. The summed E-state index contributed by atoms with van der Waals surface area (Å²) < 4.78 is 0. The lowest BCUT2D eigenvalue weighted by atomic mass is 9.81. The van der Waals surface area contributed by atoms with E-state index in [9.17, 15) is 24.6 Å². The molecule has 0 bridgehead atoms. The van der Waals surface area contributed by atoms with Crippen LogP contribution >= 0.6 is 11.8 Å². The number of nitrogens with one attached hydrogen (secondary N) is 5. The zero-order valence-electron chi connectivity index (χ0n) is 23.6. The predicted octanol–water partition coefficient (Wildman–Crippen LogP) is 3.02. The number of primary amides is 1. The minimum absolute atomic E-state index is 0.0638. The van der Waals surface area contributed by atoms with E-state index in [1.807, 2.05) is 24.2 Å². The number of amides is 4. The SMILES string of the molecule is NC(=O)C(CCC[C@@H]1SC[C@@H]2NC(=O)N[C@@H]21)[C@H](Cc1c[nH]c2ccc(O)cc12)C(=O)NCCc1c[nH]c2ccc(O)cc12. The van der Waals surface area contributed by atoms with Crippen LogP contribution in [0.3, 0.4) is 0 Å². The van der Waals surface area contributed by atoms with Crippen LogP contribution in [0.4, 0.5) is 4.79 Å². The van der Waals surface area contributed by atoms with Gasteiger partial charge in [-0.3, -0.25) is 9.59 Å². The maximum absolute atomic E-state index is 13.8. The van der Waals surface area contributed by atoms with Gasteiger partial charge in [0.15, 0.2) is 0 Å². The van der Waals surface area contributed by atoms with Gasteiger partial charge >= 0.3 is 6.03 Å². The topological polar surface area (TPSA) is 185 Å². The number of hydrogen-bond acceptors (Lipinski definition) is 6. The Morgan fingerprint density at radius 2 is 1.65 bits per heavy atom. The van der Waals surface area contributed by atoms with Crippen LogP contribution in [-0.2, 0) is 22.4 Å². The van der Waals surface area contributed by atoms with E-state index in [1.54, 1.807) is 36.4 Å². The molecule has 2 aliphatic rings. The first kappa shape index (κ1) is 28.8. The summed E-state index contributed by atoms with van der Waals surface area (Å²) in [6.45, 7) is 0.340. The third-order valence-electron chi connectivity index (χ3n) is 8.77. The molecule has 0 aliphatic carbocycles. The van der Waals surface area contributed by atoms with Crippen LogP contribution in [0.15, 0.2) is 48.8 Å². The Morgan fingerprint density at radius 3 is 2.35 bits per heavy atom. The molecule has 0 saturated carbocycles. The smallest absolute Gasteiger partial charge is 0.315 e. The summed E-state index contributed by atoms with van der Waals surface area (Å²) in [6.07, 6.45) is 6.40. The van der Waals surface area contributed by atoms with Crippen molar-refractivity contribution in [2.45, 2.75) is 49.4 Å². The molecule has 0 spiro atoms. The molecule has 12 heteroatoms. The third kappa shape index (κ3) is 6.10. The monoisotopic (exact) mass is 604 g/mol. The number of aromatic nitrogens is 2. The average Bonchev–Trinajstić information content (AvgIpc) is 3.74. The number of nitrogens with two attached hydrogens (primary N) is 1. The van der Waals surface area contributed by atoms with Crippen molar-refractivity contribution in [3.8, 4) is 11.5 Å². The minimum Gasteiger partial charge on any atom is -0.508 e. The number of thioether (sulfide) groups is 1. The quantitative estimate of drug-likeness (QED) is 0.115. The molecule has 1 unspecified atom stereocenters. The minimum atomic E-state index is -0.720. The number of carbonyl (C=O) groups excluding carboxylic acids is 3. The van der Waals surface area contributed by atoms with Gasteiger partial charge in [0.2, 0.25) is 11.8 Å². The Balaban J connectivity index is 1.17. The largest absolute Gasteiger partial charge is 0.508 e. The number of phenols is 2. The first-order valence-electron chi connectivity index (χ1n) is 14.6. The number of phenolic OH excluding ortho intramolecular Hbond substituents is 2. The number of hydrogen-bond donors (Lipinski definition) is 8. The first-order valence-corrected chi connectivity index (χ1v) is 15.7. The number of benzene rings is 2. The summed E-state index contributed by atoms with van der Waals surface area (Å²) in [7, 11) is 0. The van der Waals surface area contributed by atoms with Crippen molar-refractivity contribution in [3.05, 3.63) is 59.9 Å². The highest BCUT2D eigenvalue weighted by molar-refractivity contribution is 8.00. The molecule has 2 fully saturated rings. The fourth-order valence-corrected chi connectivity index (χ4v) is 8.08. The summed E-state index contributed by atoms with van der Waals surface area (Å²) >= 11 is 1.81. The van der Waals surface area contributed by atoms with Crippen molar-refractivity contribution in [3.63, 3.8) is 0 Å². The zero-order valence-corrected chi connectivity index (χ0v) is 24.4. The van der Waals surface area contributed by atoms with Crippen LogP contribution in [0.25, 0.3) is 21.8 Å². The molecule has 4 amide bonds. The highest BCUT2D eigenvalue weighted by Crippen LogP contribution is 2.35. The first-order chi connectivity index (χ1) is 20.8. The maximum atomic E-state index is 13.8. The van der Waals surface area contributed by atoms with Crippen molar-refractivity contribution >= 4 is 51.4 Å². The van der Waals surface area contributed by atoms with Crippen LogP contribution in [0, 0.1) is 11.8 Å². The second-order valence-corrected chi connectivity index (χ2v) is 12.8. The number of aromatic amines is 2. The van der Waals surface area contributed by atoms with E-state index in [2.05, 4.69) is 25.9 Å². The Kier molecular flexibility index (Phi) is 8.11. The summed E-state index contributed by atoms with van der Waals surface area (Å²) in [4.78, 5) is 44.8. The van der Waals surface area contributed by atoms with Crippen LogP contribution < -0.4 is 21.7 Å². The fraction of sp³-hybridized carbons (Fsp3) is 0.387. The van der Waals surface area contributed by atoms with Gasteiger partial charge in [-0.05, 0) is 73.2 Å². The van der Waals surface area contributed by atoms with E-state index < -0.39 is 17.7 Å². The van der Waals surface area contributed by atoms with E-state index in [1.165, 1.54) is 0 Å². The Morgan fingerprint density at radius 1 is 0.977 bits per heavy atom. The third-order valence-corrected chi connectivity index (χ3v) is 10.3. The molecule has 226 valence electrons. The lowest BCUT2D eigenvalue weighted by Gasteiger charge is -2.25. The molecule has 4 heterocycles. The molecule has 11 nitrogen and oxygen atoms in total. The molecule has 43 heavy (non-hydrogen) atoms. The molecule has 9 N–H and O–H groups in total. The van der Waals surface area contributed by atoms with Gasteiger partial charge < -0.3 is 41.9 Å². The molecular weight excluding hydrogens is 568 g/mol. The van der Waals surface area contributed by atoms with E-state index in [0.717, 1.165) is 45.1 Å². The van der Waals surface area contributed by atoms with Gasteiger partial charge in [-0.2, -0.15) is 11.8 Å². The Bertz CT molecular complexity index is 1670. The van der Waals surface area contributed by atoms with Crippen LogP contribution in [0.5, 0.6) is 11.5 Å². The number of urea groups is 1. The molecule has 2 aliphatic heterocycles. The summed E-state index contributed by atoms with van der Waals surface area (Å²) in [5.41, 5.74) is 9.45. The van der Waals surface area contributed by atoms with Crippen LogP contribution in [0.1, 0.15) is 30.4 Å². The van der Waals surface area contributed by atoms with Crippen molar-refractivity contribution in [2.75, 3.05) is 12.3 Å². The number of aromatic hydroxyl groups is 2. The molecule has 6 rings (SSSR count). The van der Waals surface area contributed by atoms with Gasteiger partial charge in [-0.1, -0.05) is 6.42 Å². The maximum Gasteiger partial charge on any atom is 0.315 e. The number of rotatable bonds is 12. The average molecular weight is 605 g/mol. The van der Waals surface area contributed by atoms with Crippen molar-refractivity contribution < 1.29 is 24.6 Å². The molecule has 0 radical (unpaired) electrons. The van der Waals surface area contributed by atoms with E-state index in [4.69, 9.17) is 5.73 Å². The van der Waals surface area contributed by atoms with Gasteiger partial charge in [0.1, 0.15) is 11.5 Å². The highest BCUT2D eigenvalue weighted by Gasteiger charge is 2.43. The van der Waals surface area contributed by atoms with Gasteiger partial charge in [0, 0.05) is 57.7 Å². The molecule has 2 aromatic carbocycles. The van der Waals surface area contributed by atoms with E-state index >= 15 is 0 Å². The molecule has 2 aromatic heterocycles. The van der Waals surface area contributed by atoms with Crippen LogP contribution in [0.2, 0.25) is 0 Å². The fourth-order valence-electron chi connectivity index (χ4n) is 6.54. The Labute approximate surface area is 252 Å². The van der Waals surface area contributed by atoms with E-state index in [-0.39, 0.29) is 47.2 Å². The predicted molar refractivity (Wildman–Crippen MR) is 166 cm³/mol. The highest BCUT2D eigenvalue weighted by atomic mass is 32.2. The van der Waals surface area contributed by atoms with E-state index in [0.29, 0.717) is 25.8 Å². The number of H-pyrrole nitrogens is 2. The second kappa shape index (κ2) is 12.1. The lowest BCUT2D eigenvalue weighted by molar-refractivity contribution is -0.133. The Hall–Kier alpha value is -4.32. The van der Waals surface area contributed by atoms with Gasteiger partial charge in [-0.15, -0.1) is 0 Å². The van der Waals surface area contributed by atoms with Crippen LogP contribution in [-0.4, -0.2) is 67.7 Å². The van der Waals surface area contributed by atoms with Crippen molar-refractivity contribution in [1.82, 2.24) is 25.9 Å². The molecule has 5 atom stereocenters. The van der Waals surface area contributed by atoms with Gasteiger partial charge in [0.25, 0.3) is 0 Å². The van der Waals surface area contributed by atoms with Gasteiger partial charge in [-0.25, -0.2) is 4.79 Å². The standard InChI is InChI=1S/C31H36N6O5S/c32-29(40)20(2-1-3-27-28-26(15-43-27)36-31(42)37-28)23(10-17-14-35-25-7-5-19(39)12-22(17)25)30(41)33-9-8-16-13-34-24-6-4-18(38)11-21(16)24/h4-7,11-14,20,23,26-28,34-35,38-39H,1-3,8-10,15H2,(H2,32,40)(H,33,41)(H2,36,37,42)/t20?,23-,26-,27-,28-/m0/s1. The summed E-state index contributed by atoms with van der Waals surface area (Å²) in [5, 5.41) is 30.9. The van der Waals surface area contributed by atoms with Gasteiger partial charge in [0.05, 0.1) is 18.0 Å². The molecule has 4 aromatic rings. The number of fused-ring (bicyclic) bond motifs is 3. The second-order valence-electron chi connectivity index (χ2n) is 11.5. The summed E-state index contributed by atoms with van der Waals surface area (Å²) in [5.74, 6) is -1.07. The molecular formula is C31H36N6O5S. The lowest BCUT2D eigenvalue weighted by Crippen LogP contribution is -2.42. The number of carbonyl (C=O) groups is 3.